The van der Waals surface area contributed by atoms with Crippen LogP contribution < -0.4 is 18.9 Å². The molecule has 8 nitrogen and oxygen atoms in total. The predicted molar refractivity (Wildman–Crippen MR) is 93.9 cm³/mol. The molecule has 0 atom stereocenters. The number of nitrogens with zero attached hydrogens (tertiary/aromatic N) is 1. The van der Waals surface area contributed by atoms with Gasteiger partial charge in [-0.15, -0.1) is 0 Å². The summed E-state index contributed by atoms with van der Waals surface area (Å²) in [7, 11) is 4.48. The van der Waals surface area contributed by atoms with Crippen molar-refractivity contribution >= 4 is 17.7 Å². The number of carbonyl (C=O) groups excluding carboxylic acids is 1. The monoisotopic (exact) mass is 359 g/mol. The van der Waals surface area contributed by atoms with E-state index in [1.807, 2.05) is 0 Å². The van der Waals surface area contributed by atoms with E-state index in [-0.39, 0.29) is 11.4 Å². The summed E-state index contributed by atoms with van der Waals surface area (Å²) in [5, 5.41) is 10.6. The fourth-order valence-corrected chi connectivity index (χ4v) is 2.15. The Morgan fingerprint density at radius 3 is 2.04 bits per heavy atom. The quantitative estimate of drug-likeness (QED) is 0.246. The minimum absolute atomic E-state index is 0.0854. The van der Waals surface area contributed by atoms with E-state index < -0.39 is 10.9 Å². The van der Waals surface area contributed by atoms with Crippen LogP contribution in [-0.4, -0.2) is 32.2 Å². The van der Waals surface area contributed by atoms with E-state index in [9.17, 15) is 14.9 Å². The highest BCUT2D eigenvalue weighted by Crippen LogP contribution is 2.38. The van der Waals surface area contributed by atoms with Crippen LogP contribution in [0.25, 0.3) is 6.08 Å². The van der Waals surface area contributed by atoms with Crippen LogP contribution in [0.2, 0.25) is 0 Å². The van der Waals surface area contributed by atoms with Gasteiger partial charge in [0.1, 0.15) is 5.75 Å². The molecule has 2 aromatic carbocycles. The van der Waals surface area contributed by atoms with Gasteiger partial charge in [0.15, 0.2) is 11.5 Å². The van der Waals surface area contributed by atoms with Crippen LogP contribution in [0.3, 0.4) is 0 Å². The Kier molecular flexibility index (Phi) is 6.15. The summed E-state index contributed by atoms with van der Waals surface area (Å²) < 4.78 is 20.8. The lowest BCUT2D eigenvalue weighted by Crippen LogP contribution is -2.03. The summed E-state index contributed by atoms with van der Waals surface area (Å²) >= 11 is 0. The molecule has 0 N–H and O–H groups in total. The molecular weight excluding hydrogens is 342 g/mol. The Hall–Kier alpha value is -3.55. The van der Waals surface area contributed by atoms with Gasteiger partial charge in [-0.3, -0.25) is 10.1 Å². The van der Waals surface area contributed by atoms with E-state index in [2.05, 4.69) is 0 Å². The molecule has 2 rings (SSSR count). The zero-order valence-corrected chi connectivity index (χ0v) is 14.4. The number of hydrogen-bond acceptors (Lipinski definition) is 7. The SMILES string of the molecule is COc1cc(C=CC(=O)Oc2ccc([N+](=O)[O-])cc2)cc(OC)c1OC. The van der Waals surface area contributed by atoms with E-state index >= 15 is 0 Å². The summed E-state index contributed by atoms with van der Waals surface area (Å²) in [4.78, 5) is 22.0. The Bertz CT molecular complexity index is 803. The number of benzene rings is 2. The molecule has 0 heterocycles. The summed E-state index contributed by atoms with van der Waals surface area (Å²) in [6.45, 7) is 0. The first kappa shape index (κ1) is 18.8. The number of nitro groups is 1. The van der Waals surface area contributed by atoms with Gasteiger partial charge in [0.2, 0.25) is 5.75 Å². The smallest absolute Gasteiger partial charge is 0.336 e. The van der Waals surface area contributed by atoms with Gasteiger partial charge in [-0.05, 0) is 35.9 Å². The van der Waals surface area contributed by atoms with Crippen molar-refractivity contribution in [3.05, 3.63) is 58.2 Å². The van der Waals surface area contributed by atoms with Crippen molar-refractivity contribution in [3.63, 3.8) is 0 Å². The van der Waals surface area contributed by atoms with Gasteiger partial charge in [-0.2, -0.15) is 0 Å². The third-order valence-electron chi connectivity index (χ3n) is 3.36. The molecular formula is C18H17NO7. The van der Waals surface area contributed by atoms with Crippen molar-refractivity contribution in [1.29, 1.82) is 0 Å². The van der Waals surface area contributed by atoms with Crippen molar-refractivity contribution in [2.24, 2.45) is 0 Å². The van der Waals surface area contributed by atoms with Gasteiger partial charge in [-0.25, -0.2) is 4.79 Å². The van der Waals surface area contributed by atoms with Crippen LogP contribution in [0.1, 0.15) is 5.56 Å². The van der Waals surface area contributed by atoms with E-state index in [4.69, 9.17) is 18.9 Å². The van der Waals surface area contributed by atoms with Crippen molar-refractivity contribution in [1.82, 2.24) is 0 Å². The fraction of sp³-hybridized carbons (Fsp3) is 0.167. The molecule has 0 aromatic heterocycles. The molecule has 0 amide bonds. The number of methoxy groups -OCH3 is 3. The number of hydrogen-bond donors (Lipinski definition) is 0. The third kappa shape index (κ3) is 4.50. The van der Waals surface area contributed by atoms with E-state index in [0.717, 1.165) is 0 Å². The van der Waals surface area contributed by atoms with Crippen molar-refractivity contribution < 1.29 is 28.7 Å². The van der Waals surface area contributed by atoms with Gasteiger partial charge in [-0.1, -0.05) is 0 Å². The van der Waals surface area contributed by atoms with Crippen molar-refractivity contribution in [3.8, 4) is 23.0 Å². The predicted octanol–water partition coefficient (Wildman–Crippen LogP) is 3.24. The molecule has 0 bridgehead atoms. The van der Waals surface area contributed by atoms with Gasteiger partial charge in [0.05, 0.1) is 26.3 Å². The Morgan fingerprint density at radius 1 is 1.00 bits per heavy atom. The molecule has 8 heteroatoms. The topological polar surface area (TPSA) is 97.1 Å². The number of carbonyl (C=O) groups is 1. The maximum Gasteiger partial charge on any atom is 0.336 e. The van der Waals surface area contributed by atoms with Crippen LogP contribution >= 0.6 is 0 Å². The van der Waals surface area contributed by atoms with Crippen LogP contribution in [0.4, 0.5) is 5.69 Å². The Morgan fingerprint density at radius 2 is 1.58 bits per heavy atom. The number of non-ortho nitro benzene ring substituents is 1. The summed E-state index contributed by atoms with van der Waals surface area (Å²) in [5.41, 5.74) is 0.554. The maximum absolute atomic E-state index is 11.9. The van der Waals surface area contributed by atoms with Crippen molar-refractivity contribution in [2.45, 2.75) is 0 Å². The van der Waals surface area contributed by atoms with E-state index in [1.165, 1.54) is 57.7 Å². The molecule has 136 valence electrons. The van der Waals surface area contributed by atoms with E-state index in [0.29, 0.717) is 22.8 Å². The number of rotatable bonds is 7. The highest BCUT2D eigenvalue weighted by Gasteiger charge is 2.12. The molecule has 0 aliphatic rings. The molecule has 26 heavy (non-hydrogen) atoms. The first-order valence-electron chi connectivity index (χ1n) is 7.42. The second-order valence-corrected chi connectivity index (χ2v) is 4.96. The maximum atomic E-state index is 11.9. The number of esters is 1. The minimum Gasteiger partial charge on any atom is -0.493 e. The molecule has 2 aromatic rings. The Balaban J connectivity index is 2.13. The normalized spacial score (nSPS) is 10.4. The average molecular weight is 359 g/mol. The summed E-state index contributed by atoms with van der Waals surface area (Å²) in [5.74, 6) is 0.925. The van der Waals surface area contributed by atoms with Crippen LogP contribution in [0.15, 0.2) is 42.5 Å². The van der Waals surface area contributed by atoms with Gasteiger partial charge in [0.25, 0.3) is 5.69 Å². The summed E-state index contributed by atoms with van der Waals surface area (Å²) in [6.07, 6.45) is 2.75. The zero-order valence-electron chi connectivity index (χ0n) is 14.4. The van der Waals surface area contributed by atoms with Crippen LogP contribution in [-0.2, 0) is 4.79 Å². The third-order valence-corrected chi connectivity index (χ3v) is 3.36. The molecule has 0 fully saturated rings. The molecule has 0 aliphatic carbocycles. The minimum atomic E-state index is -0.632. The first-order valence-corrected chi connectivity index (χ1v) is 7.42. The average Bonchev–Trinajstić information content (AvgIpc) is 2.65. The largest absolute Gasteiger partial charge is 0.493 e. The van der Waals surface area contributed by atoms with Gasteiger partial charge >= 0.3 is 5.97 Å². The number of nitro benzene ring substituents is 1. The lowest BCUT2D eigenvalue weighted by molar-refractivity contribution is -0.384. The molecule has 0 radical (unpaired) electrons. The van der Waals surface area contributed by atoms with Gasteiger partial charge in [0, 0.05) is 18.2 Å². The molecule has 0 saturated carbocycles. The first-order chi connectivity index (χ1) is 12.5. The van der Waals surface area contributed by atoms with Crippen LogP contribution in [0, 0.1) is 10.1 Å². The molecule has 0 saturated heterocycles. The zero-order chi connectivity index (χ0) is 19.1. The highest BCUT2D eigenvalue weighted by molar-refractivity contribution is 5.89. The molecule has 0 unspecified atom stereocenters. The lowest BCUT2D eigenvalue weighted by atomic mass is 10.1. The van der Waals surface area contributed by atoms with Gasteiger partial charge < -0.3 is 18.9 Å². The second kappa shape index (κ2) is 8.52. The second-order valence-electron chi connectivity index (χ2n) is 4.96. The number of ether oxygens (including phenoxy) is 4. The molecule has 0 aliphatic heterocycles. The molecule has 0 spiro atoms. The summed E-state index contributed by atoms with van der Waals surface area (Å²) in [6, 6.07) is 8.57. The highest BCUT2D eigenvalue weighted by atomic mass is 16.6. The Labute approximate surface area is 149 Å². The standard InChI is InChI=1S/C18H17NO7/c1-23-15-10-12(11-16(24-2)18(15)25-3)4-9-17(20)26-14-7-5-13(6-8-14)19(21)22/h4-11H,1-3H3. The lowest BCUT2D eigenvalue weighted by Gasteiger charge is -2.12. The van der Waals surface area contributed by atoms with Crippen molar-refractivity contribution in [2.75, 3.05) is 21.3 Å². The van der Waals surface area contributed by atoms with E-state index in [1.54, 1.807) is 12.1 Å². The van der Waals surface area contributed by atoms with Crippen LogP contribution in [0.5, 0.6) is 23.0 Å². The fourth-order valence-electron chi connectivity index (χ4n) is 2.15.